The molecule has 156 valence electrons. The Morgan fingerprint density at radius 2 is 1.87 bits per heavy atom. The number of nitrogens with zero attached hydrogens (tertiary/aromatic N) is 2. The van der Waals surface area contributed by atoms with Crippen LogP contribution in [0.25, 0.3) is 0 Å². The third-order valence-corrected chi connectivity index (χ3v) is 5.56. The largest absolute Gasteiger partial charge is 0.357 e. The van der Waals surface area contributed by atoms with Crippen molar-refractivity contribution in [3.63, 3.8) is 0 Å². The Morgan fingerprint density at radius 1 is 1.10 bits per heavy atom. The molecule has 1 aliphatic heterocycles. The van der Waals surface area contributed by atoms with Gasteiger partial charge in [0, 0.05) is 31.7 Å². The third-order valence-electron chi connectivity index (χ3n) is 5.56. The topological polar surface area (TPSA) is 45.2 Å². The Morgan fingerprint density at radius 3 is 2.50 bits per heavy atom. The van der Waals surface area contributed by atoms with Crippen LogP contribution >= 0.6 is 0 Å². The summed E-state index contributed by atoms with van der Waals surface area (Å²) in [4.78, 5) is 19.4. The average Bonchev–Trinajstić information content (AvgIpc) is 2.82. The second-order valence-electron chi connectivity index (χ2n) is 7.57. The van der Waals surface area contributed by atoms with Gasteiger partial charge in [-0.3, -0.25) is 4.79 Å². The van der Waals surface area contributed by atoms with Crippen molar-refractivity contribution in [3.8, 4) is 0 Å². The standard InChI is InChI=1S/C26H31N3O/c1-3-11-21(4-2)24(22-12-7-5-8-13-22)16-17-27-26(30)23-14-15-25(28-20-23)29-18-9-6-10-19-29/h3-5,7-8,11-15,20,24H,1-2,6,9-10,16-19H2,(H,27,30)/b21-11+. The summed E-state index contributed by atoms with van der Waals surface area (Å²) in [6.45, 7) is 10.4. The molecule has 30 heavy (non-hydrogen) atoms. The number of hydrogen-bond donors (Lipinski definition) is 1. The number of nitrogens with one attached hydrogen (secondary N) is 1. The van der Waals surface area contributed by atoms with Crippen molar-refractivity contribution in [2.75, 3.05) is 24.5 Å². The summed E-state index contributed by atoms with van der Waals surface area (Å²) in [6, 6.07) is 14.1. The highest BCUT2D eigenvalue weighted by Gasteiger charge is 2.16. The molecule has 0 saturated carbocycles. The molecule has 1 aromatic carbocycles. The fourth-order valence-corrected chi connectivity index (χ4v) is 3.94. The quantitative estimate of drug-likeness (QED) is 0.582. The maximum atomic E-state index is 12.6. The van der Waals surface area contributed by atoms with E-state index in [9.17, 15) is 4.79 Å². The third kappa shape index (κ3) is 5.69. The Bertz CT molecular complexity index is 865. The molecule has 0 spiro atoms. The van der Waals surface area contributed by atoms with Crippen molar-refractivity contribution in [2.45, 2.75) is 31.6 Å². The first-order valence-corrected chi connectivity index (χ1v) is 10.7. The van der Waals surface area contributed by atoms with Crippen LogP contribution in [0.15, 0.2) is 85.6 Å². The molecular formula is C26H31N3O. The van der Waals surface area contributed by atoms with E-state index < -0.39 is 0 Å². The molecule has 0 radical (unpaired) electrons. The summed E-state index contributed by atoms with van der Waals surface area (Å²) in [6.07, 6.45) is 11.8. The zero-order chi connectivity index (χ0) is 21.2. The van der Waals surface area contributed by atoms with Crippen LogP contribution in [0.3, 0.4) is 0 Å². The van der Waals surface area contributed by atoms with Gasteiger partial charge in [-0.25, -0.2) is 4.98 Å². The summed E-state index contributed by atoms with van der Waals surface area (Å²) in [7, 11) is 0. The van der Waals surface area contributed by atoms with Crippen LogP contribution in [0, 0.1) is 0 Å². The van der Waals surface area contributed by atoms with Crippen molar-refractivity contribution < 1.29 is 4.79 Å². The van der Waals surface area contributed by atoms with E-state index in [1.165, 1.54) is 24.8 Å². The first kappa shape index (κ1) is 21.6. The number of carbonyl (C=O) groups is 1. The van der Waals surface area contributed by atoms with Crippen LogP contribution in [-0.4, -0.2) is 30.5 Å². The lowest BCUT2D eigenvalue weighted by Crippen LogP contribution is -2.30. The van der Waals surface area contributed by atoms with Crippen molar-refractivity contribution in [2.24, 2.45) is 0 Å². The molecule has 1 atom stereocenters. The molecule has 1 aromatic heterocycles. The SMILES string of the molecule is C=C/C=C(\C=C)C(CCNC(=O)c1ccc(N2CCCCC2)nc1)c1ccccc1. The average molecular weight is 402 g/mol. The van der Waals surface area contributed by atoms with Gasteiger partial charge in [-0.1, -0.05) is 61.7 Å². The molecule has 1 N–H and O–H groups in total. The number of amides is 1. The number of anilines is 1. The van der Waals surface area contributed by atoms with E-state index in [1.807, 2.05) is 42.5 Å². The molecule has 1 unspecified atom stereocenters. The normalized spacial score (nSPS) is 15.3. The minimum Gasteiger partial charge on any atom is -0.357 e. The van der Waals surface area contributed by atoms with Crippen LogP contribution in [-0.2, 0) is 0 Å². The number of allylic oxidation sites excluding steroid dienone is 4. The molecule has 4 heteroatoms. The summed E-state index contributed by atoms with van der Waals surface area (Å²) in [5, 5.41) is 3.04. The summed E-state index contributed by atoms with van der Waals surface area (Å²) >= 11 is 0. The van der Waals surface area contributed by atoms with Gasteiger partial charge in [-0.15, -0.1) is 0 Å². The van der Waals surface area contributed by atoms with E-state index in [1.54, 1.807) is 12.3 Å². The Kier molecular flexibility index (Phi) is 8.02. The van der Waals surface area contributed by atoms with Crippen LogP contribution in [0.5, 0.6) is 0 Å². The van der Waals surface area contributed by atoms with Gasteiger partial charge in [0.05, 0.1) is 5.56 Å². The van der Waals surface area contributed by atoms with Gasteiger partial charge in [0.2, 0.25) is 0 Å². The number of hydrogen-bond acceptors (Lipinski definition) is 3. The van der Waals surface area contributed by atoms with Crippen molar-refractivity contribution in [3.05, 3.63) is 96.7 Å². The molecule has 1 saturated heterocycles. The fraction of sp³-hybridized carbons (Fsp3) is 0.308. The first-order chi connectivity index (χ1) is 14.7. The summed E-state index contributed by atoms with van der Waals surface area (Å²) < 4.78 is 0. The number of carbonyl (C=O) groups excluding carboxylic acids is 1. The van der Waals surface area contributed by atoms with Gasteiger partial charge < -0.3 is 10.2 Å². The lowest BCUT2D eigenvalue weighted by Gasteiger charge is -2.27. The minimum absolute atomic E-state index is 0.0904. The highest BCUT2D eigenvalue weighted by molar-refractivity contribution is 5.94. The number of pyridine rings is 1. The van der Waals surface area contributed by atoms with Crippen LogP contribution < -0.4 is 10.2 Å². The monoisotopic (exact) mass is 401 g/mol. The summed E-state index contributed by atoms with van der Waals surface area (Å²) in [5.41, 5.74) is 2.89. The lowest BCUT2D eigenvalue weighted by atomic mass is 9.88. The van der Waals surface area contributed by atoms with E-state index >= 15 is 0 Å². The number of rotatable bonds is 9. The van der Waals surface area contributed by atoms with Gasteiger partial charge in [-0.05, 0) is 49.0 Å². The highest BCUT2D eigenvalue weighted by atomic mass is 16.1. The maximum absolute atomic E-state index is 12.6. The van der Waals surface area contributed by atoms with Crippen LogP contribution in [0.2, 0.25) is 0 Å². The van der Waals surface area contributed by atoms with Gasteiger partial charge in [0.15, 0.2) is 0 Å². The van der Waals surface area contributed by atoms with E-state index in [0.29, 0.717) is 12.1 Å². The van der Waals surface area contributed by atoms with E-state index in [4.69, 9.17) is 0 Å². The van der Waals surface area contributed by atoms with Crippen molar-refractivity contribution >= 4 is 11.7 Å². The predicted octanol–water partition coefficient (Wildman–Crippen LogP) is 5.27. The minimum atomic E-state index is -0.0904. The van der Waals surface area contributed by atoms with Crippen molar-refractivity contribution in [1.29, 1.82) is 0 Å². The lowest BCUT2D eigenvalue weighted by molar-refractivity contribution is 0.0952. The Balaban J connectivity index is 1.60. The number of aromatic nitrogens is 1. The molecule has 1 fully saturated rings. The molecule has 1 aliphatic rings. The molecular weight excluding hydrogens is 370 g/mol. The highest BCUT2D eigenvalue weighted by Crippen LogP contribution is 2.28. The predicted molar refractivity (Wildman–Crippen MR) is 125 cm³/mol. The molecule has 1 amide bonds. The molecule has 3 rings (SSSR count). The molecule has 2 aromatic rings. The Hall–Kier alpha value is -3.14. The Labute approximate surface area is 180 Å². The maximum Gasteiger partial charge on any atom is 0.252 e. The molecule has 4 nitrogen and oxygen atoms in total. The molecule has 2 heterocycles. The number of piperidine rings is 1. The zero-order valence-electron chi connectivity index (χ0n) is 17.6. The van der Waals surface area contributed by atoms with E-state index in [2.05, 4.69) is 40.5 Å². The van der Waals surface area contributed by atoms with Gasteiger partial charge in [0.25, 0.3) is 5.91 Å². The van der Waals surface area contributed by atoms with E-state index in [-0.39, 0.29) is 11.8 Å². The zero-order valence-corrected chi connectivity index (χ0v) is 17.6. The fourth-order valence-electron chi connectivity index (χ4n) is 3.94. The second-order valence-corrected chi connectivity index (χ2v) is 7.57. The number of benzene rings is 1. The molecule has 0 aliphatic carbocycles. The van der Waals surface area contributed by atoms with Gasteiger partial charge in [0.1, 0.15) is 5.82 Å². The van der Waals surface area contributed by atoms with Gasteiger partial charge >= 0.3 is 0 Å². The molecule has 0 bridgehead atoms. The van der Waals surface area contributed by atoms with Crippen LogP contribution in [0.1, 0.15) is 47.5 Å². The van der Waals surface area contributed by atoms with Crippen molar-refractivity contribution in [1.82, 2.24) is 10.3 Å². The summed E-state index contributed by atoms with van der Waals surface area (Å²) in [5.74, 6) is 1.02. The van der Waals surface area contributed by atoms with Crippen LogP contribution in [0.4, 0.5) is 5.82 Å². The van der Waals surface area contributed by atoms with Gasteiger partial charge in [-0.2, -0.15) is 0 Å². The second kappa shape index (κ2) is 11.1. The first-order valence-electron chi connectivity index (χ1n) is 10.7. The van der Waals surface area contributed by atoms with E-state index in [0.717, 1.165) is 30.9 Å². The smallest absolute Gasteiger partial charge is 0.252 e.